The molecule has 0 aromatic heterocycles. The zero-order valence-electron chi connectivity index (χ0n) is 32.0. The van der Waals surface area contributed by atoms with Crippen LogP contribution in [0.3, 0.4) is 0 Å². The first-order valence-electron chi connectivity index (χ1n) is 19.0. The molecule has 4 fully saturated rings. The third kappa shape index (κ3) is 8.21. The summed E-state index contributed by atoms with van der Waals surface area (Å²) in [5.74, 6) is -1.24. The van der Waals surface area contributed by atoms with E-state index in [0.29, 0.717) is 24.7 Å². The van der Waals surface area contributed by atoms with Crippen LogP contribution < -0.4 is 5.32 Å². The smallest absolute Gasteiger partial charge is 0.305 e. The predicted molar refractivity (Wildman–Crippen MR) is 186 cm³/mol. The van der Waals surface area contributed by atoms with Gasteiger partial charge in [0.05, 0.1) is 19.3 Å². The first-order chi connectivity index (χ1) is 24.5. The van der Waals surface area contributed by atoms with Gasteiger partial charge in [-0.15, -0.1) is 0 Å². The molecule has 3 saturated carbocycles. The topological polar surface area (TPSA) is 173 Å². The molecule has 2 N–H and O–H groups in total. The minimum Gasteiger partial charge on any atom is -0.469 e. The van der Waals surface area contributed by atoms with Gasteiger partial charge < -0.3 is 38.8 Å². The van der Waals surface area contributed by atoms with Crippen molar-refractivity contribution >= 4 is 29.8 Å². The van der Waals surface area contributed by atoms with E-state index < -0.39 is 66.7 Å². The first kappa shape index (κ1) is 40.2. The summed E-state index contributed by atoms with van der Waals surface area (Å²) < 4.78 is 35.2. The lowest BCUT2D eigenvalue weighted by Gasteiger charge is -2.60. The molecule has 5 rings (SSSR count). The molecule has 13 heteroatoms. The van der Waals surface area contributed by atoms with E-state index >= 15 is 0 Å². The third-order valence-electron chi connectivity index (χ3n) is 13.2. The van der Waals surface area contributed by atoms with Crippen molar-refractivity contribution in [2.75, 3.05) is 13.7 Å². The zero-order valence-corrected chi connectivity index (χ0v) is 32.0. The van der Waals surface area contributed by atoms with E-state index in [-0.39, 0.29) is 41.2 Å². The number of aliphatic hydroxyl groups is 1. The average molecular weight is 734 g/mol. The Morgan fingerprint density at radius 2 is 1.63 bits per heavy atom. The number of hydrogen-bond donors (Lipinski definition) is 2. The molecule has 52 heavy (non-hydrogen) atoms. The quantitative estimate of drug-likeness (QED) is 0.177. The Kier molecular flexibility index (Phi) is 12.5. The largest absolute Gasteiger partial charge is 0.469 e. The summed E-state index contributed by atoms with van der Waals surface area (Å²) in [4.78, 5) is 61.5. The zero-order chi connectivity index (χ0) is 38.1. The van der Waals surface area contributed by atoms with Crippen molar-refractivity contribution in [3.8, 4) is 0 Å². The molecular weight excluding hydrogens is 674 g/mol. The van der Waals surface area contributed by atoms with E-state index in [9.17, 15) is 29.1 Å². The molecule has 1 saturated heterocycles. The van der Waals surface area contributed by atoms with Crippen molar-refractivity contribution in [2.24, 2.45) is 40.4 Å². The van der Waals surface area contributed by atoms with Gasteiger partial charge in [-0.2, -0.15) is 0 Å². The second-order valence-electron chi connectivity index (χ2n) is 16.4. The number of carbonyl (C=O) groups excluding carboxylic acids is 5. The van der Waals surface area contributed by atoms with Crippen LogP contribution in [0.15, 0.2) is 11.6 Å². The Bertz CT molecular complexity index is 1400. The van der Waals surface area contributed by atoms with Crippen molar-refractivity contribution in [1.82, 2.24) is 5.32 Å². The van der Waals surface area contributed by atoms with Crippen LogP contribution in [0, 0.1) is 40.4 Å². The molecular formula is C39H59NO12. The van der Waals surface area contributed by atoms with Gasteiger partial charge in [-0.1, -0.05) is 32.4 Å². The van der Waals surface area contributed by atoms with E-state index in [2.05, 4.69) is 32.2 Å². The number of fused-ring (bicyclic) bond motifs is 5. The SMILES string of the molecule is COC(=O)CC[C@@H](C)[C@H]1CC[C@H]2[C@@H]3[C@@H](O[C@@H]4O[C@H](COC(C)=O)[C@@H](OC(C)=O)[C@H](OC(C)=O)[C@H]4NC(C)=O)C=C4C[C@@H](O)CC[C@]4(C)[C@H]3CC[C@]12C. The Balaban J connectivity index is 1.55. The highest BCUT2D eigenvalue weighted by Crippen LogP contribution is 2.67. The van der Waals surface area contributed by atoms with E-state index in [1.807, 2.05) is 0 Å². The van der Waals surface area contributed by atoms with Gasteiger partial charge in [0.1, 0.15) is 18.8 Å². The second-order valence-corrected chi connectivity index (χ2v) is 16.4. The van der Waals surface area contributed by atoms with Gasteiger partial charge in [0.15, 0.2) is 18.5 Å². The van der Waals surface area contributed by atoms with Gasteiger partial charge >= 0.3 is 23.9 Å². The number of amides is 1. The summed E-state index contributed by atoms with van der Waals surface area (Å²) in [6.07, 6.45) is 3.82. The number of methoxy groups -OCH3 is 1. The molecule has 0 aromatic rings. The molecule has 1 amide bonds. The first-order valence-corrected chi connectivity index (χ1v) is 19.0. The minimum absolute atomic E-state index is 0.0167. The van der Waals surface area contributed by atoms with Gasteiger partial charge in [0, 0.05) is 34.1 Å². The van der Waals surface area contributed by atoms with Crippen LogP contribution in [0.5, 0.6) is 0 Å². The Morgan fingerprint density at radius 3 is 2.27 bits per heavy atom. The van der Waals surface area contributed by atoms with Crippen LogP contribution in [0.4, 0.5) is 0 Å². The lowest BCUT2D eigenvalue weighted by molar-refractivity contribution is -0.293. The Morgan fingerprint density at radius 1 is 0.942 bits per heavy atom. The summed E-state index contributed by atoms with van der Waals surface area (Å²) in [5.41, 5.74) is 1.01. The van der Waals surface area contributed by atoms with Gasteiger partial charge in [0.25, 0.3) is 0 Å². The normalized spacial score (nSPS) is 40.1. The molecule has 5 aliphatic rings. The van der Waals surface area contributed by atoms with E-state index in [1.165, 1.54) is 34.8 Å². The van der Waals surface area contributed by atoms with Crippen LogP contribution in [0.1, 0.15) is 106 Å². The predicted octanol–water partition coefficient (Wildman–Crippen LogP) is 4.17. The summed E-state index contributed by atoms with van der Waals surface area (Å²) in [6.45, 7) is 11.7. The number of esters is 4. The number of carbonyl (C=O) groups is 5. The fourth-order valence-corrected chi connectivity index (χ4v) is 10.9. The summed E-state index contributed by atoms with van der Waals surface area (Å²) >= 11 is 0. The maximum atomic E-state index is 12.7. The van der Waals surface area contributed by atoms with Crippen LogP contribution in [0.25, 0.3) is 0 Å². The van der Waals surface area contributed by atoms with Crippen molar-refractivity contribution in [1.29, 1.82) is 0 Å². The van der Waals surface area contributed by atoms with Gasteiger partial charge in [-0.3, -0.25) is 24.0 Å². The summed E-state index contributed by atoms with van der Waals surface area (Å²) in [5, 5.41) is 13.7. The molecule has 13 nitrogen and oxygen atoms in total. The molecule has 292 valence electrons. The second kappa shape index (κ2) is 16.1. The van der Waals surface area contributed by atoms with Crippen molar-refractivity contribution in [3.05, 3.63) is 11.6 Å². The molecule has 0 unspecified atom stereocenters. The maximum absolute atomic E-state index is 12.7. The van der Waals surface area contributed by atoms with Crippen LogP contribution in [-0.2, 0) is 52.4 Å². The Hall–Kier alpha value is -3.03. The molecule has 0 bridgehead atoms. The fraction of sp³-hybridized carbons (Fsp3) is 0.821. The lowest BCUT2D eigenvalue weighted by Crippen LogP contribution is -2.67. The molecule has 1 heterocycles. The van der Waals surface area contributed by atoms with Gasteiger partial charge in [0.2, 0.25) is 5.91 Å². The van der Waals surface area contributed by atoms with E-state index in [0.717, 1.165) is 50.5 Å². The monoisotopic (exact) mass is 733 g/mol. The number of hydrogen-bond acceptors (Lipinski definition) is 12. The van der Waals surface area contributed by atoms with Crippen LogP contribution >= 0.6 is 0 Å². The highest BCUT2D eigenvalue weighted by atomic mass is 16.7. The summed E-state index contributed by atoms with van der Waals surface area (Å²) in [6, 6.07) is -1.08. The molecule has 1 aliphatic heterocycles. The average Bonchev–Trinajstić information content (AvgIpc) is 3.42. The van der Waals surface area contributed by atoms with Gasteiger partial charge in [-0.25, -0.2) is 0 Å². The number of aliphatic hydroxyl groups excluding tert-OH is 1. The van der Waals surface area contributed by atoms with Crippen LogP contribution in [-0.4, -0.2) is 91.5 Å². The molecule has 14 atom stereocenters. The number of rotatable bonds is 11. The van der Waals surface area contributed by atoms with Crippen molar-refractivity contribution < 1.29 is 57.5 Å². The number of ether oxygens (including phenoxy) is 6. The van der Waals surface area contributed by atoms with Crippen molar-refractivity contribution in [2.45, 2.75) is 149 Å². The molecule has 0 spiro atoms. The third-order valence-corrected chi connectivity index (χ3v) is 13.2. The minimum atomic E-state index is -1.22. The maximum Gasteiger partial charge on any atom is 0.305 e. The van der Waals surface area contributed by atoms with E-state index in [1.54, 1.807) is 0 Å². The Labute approximate surface area is 307 Å². The fourth-order valence-electron chi connectivity index (χ4n) is 10.9. The van der Waals surface area contributed by atoms with E-state index in [4.69, 9.17) is 28.4 Å². The molecule has 0 aromatic carbocycles. The standard InChI is InChI=1S/C39H59NO12/c1-20(9-12-32(46)47-8)27-10-11-28-33-29(14-16-39(27,28)7)38(6)15-13-26(45)17-25(38)18-30(33)51-37-34(40-21(2)41)36(50-24(5)44)35(49-23(4)43)31(52-37)19-48-22(3)42/h18,20,26-31,33-37,45H,9-17,19H2,1-8H3,(H,40,41)/t20-,26+,27-,28+,29+,30+,31-,33+,34-,35-,36-,37-,38+,39-/m1/s1. The van der Waals surface area contributed by atoms with Gasteiger partial charge in [-0.05, 0) is 91.8 Å². The van der Waals surface area contributed by atoms with Crippen molar-refractivity contribution in [3.63, 3.8) is 0 Å². The summed E-state index contributed by atoms with van der Waals surface area (Å²) in [7, 11) is 1.42. The number of nitrogens with one attached hydrogen (secondary N) is 1. The van der Waals surface area contributed by atoms with Crippen LogP contribution in [0.2, 0.25) is 0 Å². The lowest BCUT2D eigenvalue weighted by atomic mass is 9.46. The highest BCUT2D eigenvalue weighted by molar-refractivity contribution is 5.74. The molecule has 4 aliphatic carbocycles. The molecule has 0 radical (unpaired) electrons. The highest BCUT2D eigenvalue weighted by Gasteiger charge is 2.62.